The Morgan fingerprint density at radius 2 is 1.93 bits per heavy atom. The summed E-state index contributed by atoms with van der Waals surface area (Å²) in [6.07, 6.45) is 1.35. The summed E-state index contributed by atoms with van der Waals surface area (Å²) in [5.74, 6) is 0.664. The van der Waals surface area contributed by atoms with Crippen LogP contribution in [0.3, 0.4) is 0 Å². The lowest BCUT2D eigenvalue weighted by Gasteiger charge is -2.20. The van der Waals surface area contributed by atoms with Crippen LogP contribution < -0.4 is 5.32 Å². The third kappa shape index (κ3) is 7.30. The van der Waals surface area contributed by atoms with Crippen molar-refractivity contribution in [3.05, 3.63) is 0 Å². The van der Waals surface area contributed by atoms with Gasteiger partial charge in [0.25, 0.3) is 0 Å². The summed E-state index contributed by atoms with van der Waals surface area (Å²) in [7, 11) is 0. The SMILES string of the molecule is CCNC(CO)COC(C)CC(C)C. The second-order valence-corrected chi connectivity index (χ2v) is 4.21. The Morgan fingerprint density at radius 3 is 2.36 bits per heavy atom. The number of rotatable bonds is 8. The van der Waals surface area contributed by atoms with Crippen molar-refractivity contribution in [2.45, 2.75) is 46.3 Å². The molecule has 2 atom stereocenters. The van der Waals surface area contributed by atoms with E-state index in [2.05, 4.69) is 26.1 Å². The monoisotopic (exact) mass is 203 g/mol. The maximum absolute atomic E-state index is 9.01. The van der Waals surface area contributed by atoms with E-state index >= 15 is 0 Å². The largest absolute Gasteiger partial charge is 0.395 e. The van der Waals surface area contributed by atoms with Crippen LogP contribution >= 0.6 is 0 Å². The zero-order valence-electron chi connectivity index (χ0n) is 9.92. The van der Waals surface area contributed by atoms with Gasteiger partial charge in [-0.05, 0) is 25.8 Å². The lowest BCUT2D eigenvalue weighted by Crippen LogP contribution is -2.37. The summed E-state index contributed by atoms with van der Waals surface area (Å²) in [5, 5.41) is 12.2. The molecule has 0 bridgehead atoms. The van der Waals surface area contributed by atoms with E-state index < -0.39 is 0 Å². The fraction of sp³-hybridized carbons (Fsp3) is 1.00. The summed E-state index contributed by atoms with van der Waals surface area (Å²) >= 11 is 0. The minimum Gasteiger partial charge on any atom is -0.395 e. The molecule has 0 saturated carbocycles. The molecule has 0 aliphatic rings. The van der Waals surface area contributed by atoms with Crippen molar-refractivity contribution in [2.75, 3.05) is 19.8 Å². The zero-order valence-corrected chi connectivity index (χ0v) is 9.92. The van der Waals surface area contributed by atoms with E-state index in [0.29, 0.717) is 12.5 Å². The molecule has 0 aromatic carbocycles. The first-order valence-corrected chi connectivity index (χ1v) is 5.55. The highest BCUT2D eigenvalue weighted by atomic mass is 16.5. The second kappa shape index (κ2) is 8.21. The molecule has 0 radical (unpaired) electrons. The Morgan fingerprint density at radius 1 is 1.29 bits per heavy atom. The molecular formula is C11H25NO2. The van der Waals surface area contributed by atoms with Gasteiger partial charge < -0.3 is 15.2 Å². The molecule has 0 aliphatic heterocycles. The van der Waals surface area contributed by atoms with Gasteiger partial charge in [-0.25, -0.2) is 0 Å². The van der Waals surface area contributed by atoms with E-state index in [0.717, 1.165) is 13.0 Å². The molecule has 0 saturated heterocycles. The number of hydrogen-bond acceptors (Lipinski definition) is 3. The highest BCUT2D eigenvalue weighted by molar-refractivity contribution is 4.64. The Labute approximate surface area is 87.8 Å². The summed E-state index contributed by atoms with van der Waals surface area (Å²) in [5.41, 5.74) is 0. The molecule has 0 amide bonds. The van der Waals surface area contributed by atoms with Gasteiger partial charge in [-0.15, -0.1) is 0 Å². The Balaban J connectivity index is 3.56. The summed E-state index contributed by atoms with van der Waals surface area (Å²) in [6.45, 7) is 10.1. The minimum absolute atomic E-state index is 0.0783. The van der Waals surface area contributed by atoms with Crippen LogP contribution in [0.1, 0.15) is 34.1 Å². The number of nitrogens with one attached hydrogen (secondary N) is 1. The molecule has 0 aromatic heterocycles. The number of aliphatic hydroxyl groups is 1. The maximum Gasteiger partial charge on any atom is 0.0645 e. The van der Waals surface area contributed by atoms with Crippen LogP contribution in [-0.4, -0.2) is 37.0 Å². The lowest BCUT2D eigenvalue weighted by molar-refractivity contribution is 0.0269. The van der Waals surface area contributed by atoms with E-state index in [1.165, 1.54) is 0 Å². The van der Waals surface area contributed by atoms with Crippen LogP contribution in [0.15, 0.2) is 0 Å². The molecule has 0 rings (SSSR count). The molecule has 0 aliphatic carbocycles. The van der Waals surface area contributed by atoms with Gasteiger partial charge in [0.05, 0.1) is 25.4 Å². The topological polar surface area (TPSA) is 41.5 Å². The van der Waals surface area contributed by atoms with Gasteiger partial charge in [-0.1, -0.05) is 20.8 Å². The van der Waals surface area contributed by atoms with Gasteiger partial charge in [0, 0.05) is 0 Å². The first-order chi connectivity index (χ1) is 6.60. The van der Waals surface area contributed by atoms with Crippen molar-refractivity contribution in [1.82, 2.24) is 5.32 Å². The van der Waals surface area contributed by atoms with Crippen LogP contribution in [0.2, 0.25) is 0 Å². The minimum atomic E-state index is 0.0783. The van der Waals surface area contributed by atoms with Crippen LogP contribution in [0, 0.1) is 5.92 Å². The predicted molar refractivity (Wildman–Crippen MR) is 59.4 cm³/mol. The number of aliphatic hydroxyl groups excluding tert-OH is 1. The van der Waals surface area contributed by atoms with Crippen molar-refractivity contribution in [3.8, 4) is 0 Å². The zero-order chi connectivity index (χ0) is 11.0. The summed E-state index contributed by atoms with van der Waals surface area (Å²) in [6, 6.07) is 0.0783. The standard InChI is InChI=1S/C11H25NO2/c1-5-12-11(7-13)8-14-10(4)6-9(2)3/h9-13H,5-8H2,1-4H3. The van der Waals surface area contributed by atoms with E-state index in [-0.39, 0.29) is 18.8 Å². The molecule has 0 spiro atoms. The van der Waals surface area contributed by atoms with Crippen LogP contribution in [-0.2, 0) is 4.74 Å². The van der Waals surface area contributed by atoms with Crippen molar-refractivity contribution in [1.29, 1.82) is 0 Å². The first kappa shape index (κ1) is 13.9. The summed E-state index contributed by atoms with van der Waals surface area (Å²) in [4.78, 5) is 0. The van der Waals surface area contributed by atoms with Crippen molar-refractivity contribution < 1.29 is 9.84 Å². The third-order valence-corrected chi connectivity index (χ3v) is 2.10. The van der Waals surface area contributed by atoms with E-state index in [1.807, 2.05) is 6.92 Å². The van der Waals surface area contributed by atoms with Crippen molar-refractivity contribution >= 4 is 0 Å². The average Bonchev–Trinajstić information content (AvgIpc) is 2.11. The Hall–Kier alpha value is -0.120. The molecule has 2 unspecified atom stereocenters. The predicted octanol–water partition coefficient (Wildman–Crippen LogP) is 1.41. The number of hydrogen-bond donors (Lipinski definition) is 2. The van der Waals surface area contributed by atoms with Crippen molar-refractivity contribution in [2.24, 2.45) is 5.92 Å². The van der Waals surface area contributed by atoms with Gasteiger partial charge in [-0.3, -0.25) is 0 Å². The molecule has 14 heavy (non-hydrogen) atoms. The Bertz CT molecular complexity index is 128. The molecular weight excluding hydrogens is 178 g/mol. The van der Waals surface area contributed by atoms with Gasteiger partial charge in [0.15, 0.2) is 0 Å². The van der Waals surface area contributed by atoms with Gasteiger partial charge in [0.1, 0.15) is 0 Å². The molecule has 0 fully saturated rings. The van der Waals surface area contributed by atoms with Crippen LogP contribution in [0.25, 0.3) is 0 Å². The first-order valence-electron chi connectivity index (χ1n) is 5.55. The fourth-order valence-corrected chi connectivity index (χ4v) is 1.48. The molecule has 2 N–H and O–H groups in total. The van der Waals surface area contributed by atoms with Crippen molar-refractivity contribution in [3.63, 3.8) is 0 Å². The lowest BCUT2D eigenvalue weighted by atomic mass is 10.1. The molecule has 3 nitrogen and oxygen atoms in total. The van der Waals surface area contributed by atoms with Gasteiger partial charge in [-0.2, -0.15) is 0 Å². The highest BCUT2D eigenvalue weighted by Crippen LogP contribution is 2.07. The summed E-state index contributed by atoms with van der Waals surface area (Å²) < 4.78 is 5.64. The molecule has 86 valence electrons. The Kier molecular flexibility index (Phi) is 8.14. The maximum atomic E-state index is 9.01. The van der Waals surface area contributed by atoms with E-state index in [9.17, 15) is 0 Å². The average molecular weight is 203 g/mol. The van der Waals surface area contributed by atoms with Crippen LogP contribution in [0.4, 0.5) is 0 Å². The second-order valence-electron chi connectivity index (χ2n) is 4.21. The fourth-order valence-electron chi connectivity index (χ4n) is 1.48. The van der Waals surface area contributed by atoms with Gasteiger partial charge >= 0.3 is 0 Å². The van der Waals surface area contributed by atoms with E-state index in [4.69, 9.17) is 9.84 Å². The third-order valence-electron chi connectivity index (χ3n) is 2.10. The van der Waals surface area contributed by atoms with Gasteiger partial charge in [0.2, 0.25) is 0 Å². The number of likely N-dealkylation sites (N-methyl/N-ethyl adjacent to an activating group) is 1. The molecule has 0 aromatic rings. The number of ether oxygens (including phenoxy) is 1. The molecule has 3 heteroatoms. The normalized spacial score (nSPS) is 15.9. The molecule has 0 heterocycles. The van der Waals surface area contributed by atoms with E-state index in [1.54, 1.807) is 0 Å². The van der Waals surface area contributed by atoms with Crippen LogP contribution in [0.5, 0.6) is 0 Å². The highest BCUT2D eigenvalue weighted by Gasteiger charge is 2.09. The quantitative estimate of drug-likeness (QED) is 0.626. The smallest absolute Gasteiger partial charge is 0.0645 e.